The van der Waals surface area contributed by atoms with E-state index in [1.807, 2.05) is 0 Å². The molecule has 0 amide bonds. The summed E-state index contributed by atoms with van der Waals surface area (Å²) in [6.45, 7) is -0.698. The molecule has 0 saturated carbocycles. The minimum atomic E-state index is -4.56. The number of halogens is 5. The average molecular weight is 365 g/mol. The van der Waals surface area contributed by atoms with E-state index in [0.29, 0.717) is 0 Å². The van der Waals surface area contributed by atoms with Crippen LogP contribution in [0, 0.1) is 0 Å². The molecule has 122 valence electrons. The fourth-order valence-electron chi connectivity index (χ4n) is 1.89. The van der Waals surface area contributed by atoms with Gasteiger partial charge in [0, 0.05) is 11.1 Å². The first-order chi connectivity index (χ1) is 10.7. The molecule has 2 aromatic carbocycles. The third-order valence-electron chi connectivity index (χ3n) is 2.90. The van der Waals surface area contributed by atoms with Crippen LogP contribution >= 0.6 is 23.2 Å². The van der Waals surface area contributed by atoms with E-state index in [-0.39, 0.29) is 26.9 Å². The van der Waals surface area contributed by atoms with Gasteiger partial charge in [-0.1, -0.05) is 35.3 Å². The van der Waals surface area contributed by atoms with Crippen LogP contribution < -0.4 is 4.74 Å². The first-order valence-electron chi connectivity index (χ1n) is 6.20. The first kappa shape index (κ1) is 17.4. The van der Waals surface area contributed by atoms with Gasteiger partial charge in [-0.3, -0.25) is 0 Å². The summed E-state index contributed by atoms with van der Waals surface area (Å²) in [6.07, 6.45) is -4.56. The quantitative estimate of drug-likeness (QED) is 0.816. The summed E-state index contributed by atoms with van der Waals surface area (Å²) in [6, 6.07) is 7.17. The number of hydrogen-bond acceptors (Lipinski definition) is 2. The topological polar surface area (TPSA) is 46.5 Å². The SMILES string of the molecule is O=C(O)COc1ccc(C(F)(F)F)cc1-c1cccc(Cl)c1Cl. The Morgan fingerprint density at radius 3 is 2.43 bits per heavy atom. The molecule has 3 nitrogen and oxygen atoms in total. The van der Waals surface area contributed by atoms with Gasteiger partial charge < -0.3 is 9.84 Å². The number of carboxylic acids is 1. The van der Waals surface area contributed by atoms with Gasteiger partial charge in [0.2, 0.25) is 0 Å². The number of hydrogen-bond donors (Lipinski definition) is 1. The molecule has 2 aromatic rings. The third-order valence-corrected chi connectivity index (χ3v) is 3.72. The zero-order chi connectivity index (χ0) is 17.2. The monoisotopic (exact) mass is 364 g/mol. The van der Waals surface area contributed by atoms with Crippen LogP contribution in [0.15, 0.2) is 36.4 Å². The van der Waals surface area contributed by atoms with Crippen LogP contribution in [0.5, 0.6) is 5.75 Å². The molecule has 1 N–H and O–H groups in total. The van der Waals surface area contributed by atoms with Gasteiger partial charge in [-0.15, -0.1) is 0 Å². The molecule has 0 saturated heterocycles. The zero-order valence-corrected chi connectivity index (χ0v) is 12.8. The smallest absolute Gasteiger partial charge is 0.416 e. The Morgan fingerprint density at radius 1 is 1.13 bits per heavy atom. The summed E-state index contributed by atoms with van der Waals surface area (Å²) < 4.78 is 43.8. The number of ether oxygens (including phenoxy) is 1. The molecule has 0 atom stereocenters. The highest BCUT2D eigenvalue weighted by molar-refractivity contribution is 6.43. The van der Waals surface area contributed by atoms with Crippen molar-refractivity contribution in [2.45, 2.75) is 6.18 Å². The Kier molecular flexibility index (Phi) is 5.06. The van der Waals surface area contributed by atoms with Crippen molar-refractivity contribution < 1.29 is 27.8 Å². The Bertz CT molecular complexity index is 745. The van der Waals surface area contributed by atoms with Gasteiger partial charge in [0.15, 0.2) is 6.61 Å². The van der Waals surface area contributed by atoms with E-state index < -0.39 is 24.3 Å². The number of benzene rings is 2. The van der Waals surface area contributed by atoms with Crippen LogP contribution in [0.2, 0.25) is 10.0 Å². The van der Waals surface area contributed by atoms with Crippen LogP contribution in [-0.4, -0.2) is 17.7 Å². The van der Waals surface area contributed by atoms with Gasteiger partial charge >= 0.3 is 12.1 Å². The van der Waals surface area contributed by atoms with Crippen LogP contribution in [-0.2, 0) is 11.0 Å². The van der Waals surface area contributed by atoms with E-state index in [9.17, 15) is 18.0 Å². The Hall–Kier alpha value is -1.92. The predicted molar refractivity (Wildman–Crippen MR) is 80.0 cm³/mol. The Morgan fingerprint density at radius 2 is 1.83 bits per heavy atom. The summed E-state index contributed by atoms with van der Waals surface area (Å²) >= 11 is 11.9. The molecule has 0 unspecified atom stereocenters. The minimum absolute atomic E-state index is 0.00794. The van der Waals surface area contributed by atoms with Gasteiger partial charge in [0.25, 0.3) is 0 Å². The van der Waals surface area contributed by atoms with Crippen LogP contribution in [0.3, 0.4) is 0 Å². The maximum absolute atomic E-state index is 12.9. The molecule has 0 aromatic heterocycles. The summed E-state index contributed by atoms with van der Waals surface area (Å²) in [5.74, 6) is -1.29. The highest BCUT2D eigenvalue weighted by Gasteiger charge is 2.31. The highest BCUT2D eigenvalue weighted by Crippen LogP contribution is 2.41. The molecule has 0 spiro atoms. The van der Waals surface area contributed by atoms with E-state index in [1.165, 1.54) is 18.2 Å². The molecule has 0 aliphatic heterocycles. The minimum Gasteiger partial charge on any atom is -0.481 e. The molecule has 23 heavy (non-hydrogen) atoms. The predicted octanol–water partition coefficient (Wildman–Crippen LogP) is 5.14. The summed E-state index contributed by atoms with van der Waals surface area (Å²) in [5.41, 5.74) is -0.689. The first-order valence-corrected chi connectivity index (χ1v) is 6.96. The van der Waals surface area contributed by atoms with Crippen LogP contribution in [0.1, 0.15) is 5.56 Å². The van der Waals surface area contributed by atoms with Crippen molar-refractivity contribution in [2.75, 3.05) is 6.61 Å². The summed E-state index contributed by atoms with van der Waals surface area (Å²) in [7, 11) is 0. The second-order valence-electron chi connectivity index (χ2n) is 4.49. The zero-order valence-electron chi connectivity index (χ0n) is 11.3. The molecular formula is C15H9Cl2F3O3. The Balaban J connectivity index is 2.60. The molecular weight excluding hydrogens is 356 g/mol. The second-order valence-corrected chi connectivity index (χ2v) is 5.28. The van der Waals surface area contributed by atoms with E-state index in [4.69, 9.17) is 33.0 Å². The van der Waals surface area contributed by atoms with Crippen molar-refractivity contribution in [3.05, 3.63) is 52.0 Å². The lowest BCUT2D eigenvalue weighted by Crippen LogP contribution is -2.11. The van der Waals surface area contributed by atoms with E-state index in [0.717, 1.165) is 18.2 Å². The maximum Gasteiger partial charge on any atom is 0.416 e. The molecule has 0 fully saturated rings. The maximum atomic E-state index is 12.9. The lowest BCUT2D eigenvalue weighted by atomic mass is 10.0. The lowest BCUT2D eigenvalue weighted by molar-refractivity contribution is -0.140. The Labute approximate surface area is 139 Å². The van der Waals surface area contributed by atoms with E-state index >= 15 is 0 Å². The molecule has 0 heterocycles. The molecule has 0 aliphatic rings. The standard InChI is InChI=1S/C15H9Cl2F3O3/c16-11-3-1-2-9(14(11)17)10-6-8(15(18,19)20)4-5-12(10)23-7-13(21)22/h1-6H,7H2,(H,21,22). The van der Waals surface area contributed by atoms with Crippen molar-refractivity contribution in [1.29, 1.82) is 0 Å². The van der Waals surface area contributed by atoms with E-state index in [1.54, 1.807) is 0 Å². The van der Waals surface area contributed by atoms with Crippen LogP contribution in [0.4, 0.5) is 13.2 Å². The van der Waals surface area contributed by atoms with E-state index in [2.05, 4.69) is 0 Å². The van der Waals surface area contributed by atoms with Gasteiger partial charge in [-0.25, -0.2) is 4.79 Å². The van der Waals surface area contributed by atoms with Crippen molar-refractivity contribution in [1.82, 2.24) is 0 Å². The van der Waals surface area contributed by atoms with Crippen molar-refractivity contribution in [2.24, 2.45) is 0 Å². The summed E-state index contributed by atoms with van der Waals surface area (Å²) in [5, 5.41) is 8.87. The largest absolute Gasteiger partial charge is 0.481 e. The highest BCUT2D eigenvalue weighted by atomic mass is 35.5. The third kappa shape index (κ3) is 4.09. The normalized spacial score (nSPS) is 11.3. The number of carboxylic acid groups (broad SMARTS) is 1. The second kappa shape index (κ2) is 6.68. The lowest BCUT2D eigenvalue weighted by Gasteiger charge is -2.15. The average Bonchev–Trinajstić information content (AvgIpc) is 2.47. The number of carbonyl (C=O) groups is 1. The van der Waals surface area contributed by atoms with Gasteiger partial charge in [-0.05, 0) is 24.3 Å². The molecule has 0 bridgehead atoms. The molecule has 2 rings (SSSR count). The van der Waals surface area contributed by atoms with Gasteiger partial charge in [0.05, 0.1) is 15.6 Å². The van der Waals surface area contributed by atoms with Crippen LogP contribution in [0.25, 0.3) is 11.1 Å². The van der Waals surface area contributed by atoms with Gasteiger partial charge in [0.1, 0.15) is 5.75 Å². The number of alkyl halides is 3. The fraction of sp³-hybridized carbons (Fsp3) is 0.133. The van der Waals surface area contributed by atoms with Crippen molar-refractivity contribution in [3.63, 3.8) is 0 Å². The molecule has 0 radical (unpaired) electrons. The van der Waals surface area contributed by atoms with Gasteiger partial charge in [-0.2, -0.15) is 13.2 Å². The molecule has 0 aliphatic carbocycles. The number of rotatable bonds is 4. The van der Waals surface area contributed by atoms with Crippen molar-refractivity contribution in [3.8, 4) is 16.9 Å². The molecule has 8 heteroatoms. The van der Waals surface area contributed by atoms with Crippen molar-refractivity contribution >= 4 is 29.2 Å². The fourth-order valence-corrected chi connectivity index (χ4v) is 2.30. The summed E-state index contributed by atoms with van der Waals surface area (Å²) in [4.78, 5) is 10.6. The number of aliphatic carboxylic acids is 1.